The molecule has 9 heteroatoms. The zero-order valence-corrected chi connectivity index (χ0v) is 20.5. The summed E-state index contributed by atoms with van der Waals surface area (Å²) >= 11 is 0. The number of carbonyl (C=O) groups is 3. The zero-order valence-electron chi connectivity index (χ0n) is 20.5. The fourth-order valence-corrected chi connectivity index (χ4v) is 5.23. The molecule has 6 rings (SSSR count). The molecular formula is C28H26N4O5. The monoisotopic (exact) mass is 498 g/mol. The lowest BCUT2D eigenvalue weighted by molar-refractivity contribution is -0.127. The van der Waals surface area contributed by atoms with Gasteiger partial charge in [-0.05, 0) is 43.7 Å². The second kappa shape index (κ2) is 8.85. The summed E-state index contributed by atoms with van der Waals surface area (Å²) < 4.78 is 13.3. The highest BCUT2D eigenvalue weighted by Crippen LogP contribution is 2.33. The van der Waals surface area contributed by atoms with Crippen molar-refractivity contribution in [3.05, 3.63) is 77.2 Å². The molecule has 2 aromatic carbocycles. The van der Waals surface area contributed by atoms with Crippen molar-refractivity contribution in [3.63, 3.8) is 0 Å². The van der Waals surface area contributed by atoms with E-state index in [4.69, 9.17) is 9.47 Å². The Morgan fingerprint density at radius 1 is 1.03 bits per heavy atom. The lowest BCUT2D eigenvalue weighted by Gasteiger charge is -2.20. The summed E-state index contributed by atoms with van der Waals surface area (Å²) in [4.78, 5) is 43.3. The number of H-pyrrole nitrogens is 1. The number of benzene rings is 2. The Hall–Kier alpha value is -4.53. The van der Waals surface area contributed by atoms with E-state index in [2.05, 4.69) is 10.3 Å². The van der Waals surface area contributed by atoms with E-state index in [0.717, 1.165) is 38.4 Å². The van der Waals surface area contributed by atoms with Crippen LogP contribution in [0.25, 0.3) is 16.6 Å². The van der Waals surface area contributed by atoms with Gasteiger partial charge in [0.05, 0.1) is 6.54 Å². The van der Waals surface area contributed by atoms with E-state index in [1.165, 1.54) is 0 Å². The highest BCUT2D eigenvalue weighted by molar-refractivity contribution is 6.09. The van der Waals surface area contributed by atoms with Gasteiger partial charge < -0.3 is 24.3 Å². The zero-order chi connectivity index (χ0) is 25.7. The van der Waals surface area contributed by atoms with Crippen molar-refractivity contribution in [1.29, 1.82) is 0 Å². The first-order chi connectivity index (χ1) is 17.9. The molecule has 0 spiro atoms. The molecule has 2 aromatic heterocycles. The van der Waals surface area contributed by atoms with Crippen LogP contribution in [0.15, 0.2) is 54.7 Å². The number of urea groups is 1. The lowest BCUT2D eigenvalue weighted by atomic mass is 10.0. The number of aryl methyl sites for hydroxylation is 1. The molecule has 4 heterocycles. The van der Waals surface area contributed by atoms with Crippen molar-refractivity contribution >= 4 is 28.6 Å². The fourth-order valence-electron chi connectivity index (χ4n) is 5.23. The number of rotatable bonds is 6. The van der Waals surface area contributed by atoms with E-state index >= 15 is 0 Å². The van der Waals surface area contributed by atoms with Gasteiger partial charge in [0.15, 0.2) is 17.3 Å². The van der Waals surface area contributed by atoms with E-state index in [0.29, 0.717) is 36.7 Å². The minimum Gasteiger partial charge on any atom is -0.486 e. The summed E-state index contributed by atoms with van der Waals surface area (Å²) in [7, 11) is 0. The summed E-state index contributed by atoms with van der Waals surface area (Å²) in [5.41, 5.74) is 4.79. The third-order valence-electron chi connectivity index (χ3n) is 7.02. The maximum atomic E-state index is 13.3. The Kier molecular flexibility index (Phi) is 5.48. The van der Waals surface area contributed by atoms with Crippen LogP contribution in [-0.2, 0) is 11.2 Å². The van der Waals surface area contributed by atoms with E-state index in [1.54, 1.807) is 6.07 Å². The van der Waals surface area contributed by atoms with Crippen LogP contribution in [0.5, 0.6) is 11.5 Å². The molecule has 9 nitrogen and oxygen atoms in total. The van der Waals surface area contributed by atoms with Gasteiger partial charge in [0.1, 0.15) is 19.3 Å². The molecule has 0 aliphatic carbocycles. The number of aromatic nitrogens is 2. The Balaban J connectivity index is 1.20. The first kappa shape index (κ1) is 22.9. The minimum absolute atomic E-state index is 0.298. The Morgan fingerprint density at radius 2 is 1.81 bits per heavy atom. The molecule has 37 heavy (non-hydrogen) atoms. The SMILES string of the molecule is Cc1cc(C(=O)CN2C(=O)NC(Cc3c[nH]c4ccccc34)C2=O)c(C)n1-c1ccc2c(c1)OCCO2. The second-order valence-corrected chi connectivity index (χ2v) is 9.36. The molecule has 1 atom stereocenters. The summed E-state index contributed by atoms with van der Waals surface area (Å²) in [5, 5.41) is 3.75. The normalized spacial score (nSPS) is 16.9. The Morgan fingerprint density at radius 3 is 2.65 bits per heavy atom. The number of nitrogens with one attached hydrogen (secondary N) is 2. The van der Waals surface area contributed by atoms with Gasteiger partial charge in [-0.15, -0.1) is 0 Å². The number of aromatic amines is 1. The van der Waals surface area contributed by atoms with E-state index in [9.17, 15) is 14.4 Å². The van der Waals surface area contributed by atoms with Gasteiger partial charge in [-0.3, -0.25) is 14.5 Å². The number of nitrogens with zero attached hydrogens (tertiary/aromatic N) is 2. The average molecular weight is 499 g/mol. The molecule has 0 bridgehead atoms. The summed E-state index contributed by atoms with van der Waals surface area (Å²) in [6.07, 6.45) is 2.20. The second-order valence-electron chi connectivity index (χ2n) is 9.36. The summed E-state index contributed by atoms with van der Waals surface area (Å²) in [6.45, 7) is 4.43. The molecule has 2 N–H and O–H groups in total. The average Bonchev–Trinajstić information content (AvgIpc) is 3.53. The van der Waals surface area contributed by atoms with Crippen molar-refractivity contribution in [2.75, 3.05) is 19.8 Å². The van der Waals surface area contributed by atoms with Crippen molar-refractivity contribution in [1.82, 2.24) is 19.8 Å². The first-order valence-corrected chi connectivity index (χ1v) is 12.2. The van der Waals surface area contributed by atoms with Gasteiger partial charge in [-0.2, -0.15) is 0 Å². The molecule has 4 aromatic rings. The Labute approximate surface area is 213 Å². The van der Waals surface area contributed by atoms with Crippen LogP contribution in [0, 0.1) is 13.8 Å². The summed E-state index contributed by atoms with van der Waals surface area (Å²) in [5.74, 6) is 0.650. The van der Waals surface area contributed by atoms with Gasteiger partial charge in [0.2, 0.25) is 0 Å². The number of imide groups is 1. The van der Waals surface area contributed by atoms with Crippen LogP contribution < -0.4 is 14.8 Å². The highest BCUT2D eigenvalue weighted by Gasteiger charge is 2.39. The molecule has 188 valence electrons. The smallest absolute Gasteiger partial charge is 0.325 e. The topological polar surface area (TPSA) is 106 Å². The maximum absolute atomic E-state index is 13.3. The maximum Gasteiger partial charge on any atom is 0.325 e. The predicted molar refractivity (Wildman–Crippen MR) is 137 cm³/mol. The van der Waals surface area contributed by atoms with Crippen LogP contribution in [0.1, 0.15) is 27.3 Å². The predicted octanol–water partition coefficient (Wildman–Crippen LogP) is 3.69. The largest absolute Gasteiger partial charge is 0.486 e. The number of hydrogen-bond acceptors (Lipinski definition) is 5. The number of para-hydroxylation sites is 1. The van der Waals surface area contributed by atoms with E-state index < -0.39 is 18.0 Å². The number of hydrogen-bond donors (Lipinski definition) is 2. The molecule has 0 radical (unpaired) electrons. The molecular weight excluding hydrogens is 472 g/mol. The number of ether oxygens (including phenoxy) is 2. The molecule has 1 saturated heterocycles. The molecule has 1 unspecified atom stereocenters. The number of Topliss-reactive ketones (excluding diaryl/α,β-unsaturated/α-hetero) is 1. The highest BCUT2D eigenvalue weighted by atomic mass is 16.6. The van der Waals surface area contributed by atoms with Crippen molar-refractivity contribution in [2.45, 2.75) is 26.3 Å². The molecule has 2 aliphatic rings. The first-order valence-electron chi connectivity index (χ1n) is 12.2. The lowest BCUT2D eigenvalue weighted by Crippen LogP contribution is -2.36. The van der Waals surface area contributed by atoms with E-state index in [-0.39, 0.29) is 12.3 Å². The summed E-state index contributed by atoms with van der Waals surface area (Å²) in [6, 6.07) is 14.0. The van der Waals surface area contributed by atoms with Crippen molar-refractivity contribution in [2.24, 2.45) is 0 Å². The number of fused-ring (bicyclic) bond motifs is 2. The van der Waals surface area contributed by atoms with Crippen LogP contribution in [0.3, 0.4) is 0 Å². The van der Waals surface area contributed by atoms with Gasteiger partial charge >= 0.3 is 6.03 Å². The molecule has 1 fully saturated rings. The molecule has 0 saturated carbocycles. The van der Waals surface area contributed by atoms with Gasteiger partial charge in [0.25, 0.3) is 5.91 Å². The molecule has 2 aliphatic heterocycles. The third-order valence-corrected chi connectivity index (χ3v) is 7.02. The Bertz CT molecular complexity index is 1570. The van der Waals surface area contributed by atoms with Crippen LogP contribution >= 0.6 is 0 Å². The van der Waals surface area contributed by atoms with E-state index in [1.807, 2.05) is 67.1 Å². The van der Waals surface area contributed by atoms with Crippen LogP contribution in [0.4, 0.5) is 4.79 Å². The standard InChI is InChI=1S/C28H26N4O5/c1-16-11-21(17(2)32(16)19-7-8-25-26(13-19)37-10-9-36-25)24(33)15-31-27(34)23(30-28(31)35)12-18-14-29-22-6-4-3-5-20(18)22/h3-8,11,13-14,23,29H,9-10,12,15H2,1-2H3,(H,30,35). The number of amides is 3. The number of ketones is 1. The number of carbonyl (C=O) groups excluding carboxylic acids is 3. The van der Waals surface area contributed by atoms with Crippen LogP contribution in [-0.4, -0.2) is 58.0 Å². The van der Waals surface area contributed by atoms with Crippen molar-refractivity contribution in [3.8, 4) is 17.2 Å². The van der Waals surface area contributed by atoms with Crippen LogP contribution in [0.2, 0.25) is 0 Å². The van der Waals surface area contributed by atoms with Gasteiger partial charge in [-0.25, -0.2) is 4.79 Å². The molecule has 3 amide bonds. The van der Waals surface area contributed by atoms with Gasteiger partial charge in [-0.1, -0.05) is 18.2 Å². The quantitative estimate of drug-likeness (QED) is 0.312. The fraction of sp³-hybridized carbons (Fsp3) is 0.250. The minimum atomic E-state index is -0.718. The third kappa shape index (κ3) is 3.92. The van der Waals surface area contributed by atoms with Gasteiger partial charge in [0, 0.05) is 52.2 Å². The van der Waals surface area contributed by atoms with Crippen molar-refractivity contribution < 1.29 is 23.9 Å².